The summed E-state index contributed by atoms with van der Waals surface area (Å²) in [5.74, 6) is 0.257. The number of hydrogen-bond acceptors (Lipinski definition) is 9. The number of aliphatic hydroxyl groups is 1. The lowest BCUT2D eigenvalue weighted by molar-refractivity contribution is -0.393. The summed E-state index contributed by atoms with van der Waals surface area (Å²) in [6.07, 6.45) is 8.50. The molecule has 0 radical (unpaired) electrons. The van der Waals surface area contributed by atoms with Gasteiger partial charge in [-0.15, -0.1) is 0 Å². The minimum Gasteiger partial charge on any atom is -0.481 e. The number of fused-ring (bicyclic) bond motifs is 1. The second-order valence-corrected chi connectivity index (χ2v) is 12.6. The Hall–Kier alpha value is -3.41. The van der Waals surface area contributed by atoms with E-state index in [0.29, 0.717) is 37.5 Å². The lowest BCUT2D eigenvalue weighted by atomic mass is 9.50. The molecule has 3 fully saturated rings. The van der Waals surface area contributed by atoms with Crippen LogP contribution in [0.1, 0.15) is 98.3 Å². The van der Waals surface area contributed by atoms with Crippen LogP contribution in [0.3, 0.4) is 0 Å². The molecule has 1 aromatic rings. The fraction of sp³-hybridized carbons (Fsp3) is 0.710. The van der Waals surface area contributed by atoms with Gasteiger partial charge in [0.1, 0.15) is 11.5 Å². The second kappa shape index (κ2) is 14.4. The maximum atomic E-state index is 13.3. The van der Waals surface area contributed by atoms with Crippen LogP contribution >= 0.6 is 0 Å². The Balaban J connectivity index is 0.00000248. The summed E-state index contributed by atoms with van der Waals surface area (Å²) in [5.41, 5.74) is 1.37. The summed E-state index contributed by atoms with van der Waals surface area (Å²) in [6, 6.07) is 3.34. The molecule has 0 heterocycles. The Morgan fingerprint density at radius 2 is 1.81 bits per heavy atom. The number of hydrazone groups is 1. The van der Waals surface area contributed by atoms with E-state index < -0.39 is 33.0 Å². The fourth-order valence-electron chi connectivity index (χ4n) is 8.21. The molecule has 1 aromatic carbocycles. The predicted octanol–water partition coefficient (Wildman–Crippen LogP) is 6.75. The number of nitrogens with one attached hydrogen (secondary N) is 1. The zero-order valence-electron chi connectivity index (χ0n) is 25.7. The van der Waals surface area contributed by atoms with E-state index in [-0.39, 0.29) is 47.3 Å². The van der Waals surface area contributed by atoms with E-state index in [4.69, 9.17) is 5.11 Å². The van der Waals surface area contributed by atoms with Crippen molar-refractivity contribution in [3.8, 4) is 0 Å². The molecular formula is C31H46N4O8. The second-order valence-electron chi connectivity index (χ2n) is 12.6. The van der Waals surface area contributed by atoms with Crippen LogP contribution in [0.2, 0.25) is 0 Å². The van der Waals surface area contributed by atoms with Gasteiger partial charge in [-0.3, -0.25) is 35.2 Å². The number of anilines is 1. The van der Waals surface area contributed by atoms with Gasteiger partial charge >= 0.3 is 11.7 Å². The van der Waals surface area contributed by atoms with Crippen LogP contribution in [0.15, 0.2) is 23.3 Å². The molecule has 3 aliphatic rings. The molecule has 0 aliphatic heterocycles. The molecule has 3 N–H and O–H groups in total. The number of benzene rings is 1. The van der Waals surface area contributed by atoms with Crippen molar-refractivity contribution in [3.63, 3.8) is 0 Å². The van der Waals surface area contributed by atoms with Gasteiger partial charge in [0.2, 0.25) is 0 Å². The highest BCUT2D eigenvalue weighted by atomic mass is 16.6. The van der Waals surface area contributed by atoms with Crippen LogP contribution in [0.5, 0.6) is 0 Å². The maximum absolute atomic E-state index is 13.3. The van der Waals surface area contributed by atoms with Crippen LogP contribution in [-0.4, -0.2) is 44.1 Å². The number of nitro groups is 2. The molecule has 3 saturated carbocycles. The van der Waals surface area contributed by atoms with Crippen LogP contribution in [0, 0.1) is 54.7 Å². The zero-order chi connectivity index (χ0) is 31.9. The minimum absolute atomic E-state index is 0.0195. The van der Waals surface area contributed by atoms with Gasteiger partial charge in [0.05, 0.1) is 22.0 Å². The van der Waals surface area contributed by atoms with E-state index in [9.17, 15) is 34.9 Å². The molecule has 0 bridgehead atoms. The smallest absolute Gasteiger partial charge is 0.303 e. The number of Topliss-reactive ketones (excluding diaryl/α,β-unsaturated/α-hetero) is 1. The molecular weight excluding hydrogens is 556 g/mol. The van der Waals surface area contributed by atoms with Crippen molar-refractivity contribution in [1.82, 2.24) is 0 Å². The third kappa shape index (κ3) is 7.39. The third-order valence-corrected chi connectivity index (χ3v) is 10.5. The normalized spacial score (nSPS) is 32.0. The lowest BCUT2D eigenvalue weighted by Crippen LogP contribution is -2.51. The molecule has 0 amide bonds. The van der Waals surface area contributed by atoms with Crippen LogP contribution in [0.25, 0.3) is 0 Å². The first-order chi connectivity index (χ1) is 20.4. The minimum atomic E-state index is -0.783. The topological polar surface area (TPSA) is 185 Å². The monoisotopic (exact) mass is 602 g/mol. The highest BCUT2D eigenvalue weighted by Crippen LogP contribution is 2.64. The summed E-state index contributed by atoms with van der Waals surface area (Å²) in [7, 11) is 0. The van der Waals surface area contributed by atoms with Gasteiger partial charge in [0.15, 0.2) is 0 Å². The Labute approximate surface area is 252 Å². The van der Waals surface area contributed by atoms with Gasteiger partial charge in [0, 0.05) is 30.5 Å². The van der Waals surface area contributed by atoms with Gasteiger partial charge < -0.3 is 10.2 Å². The van der Waals surface area contributed by atoms with Crippen molar-refractivity contribution in [3.05, 3.63) is 38.4 Å². The van der Waals surface area contributed by atoms with E-state index in [0.717, 1.165) is 38.2 Å². The standard InChI is InChI=1S/C29H40N4O8.C2H6/c1-28-14-11-23(29(2)13-10-20(34)17-26(29)35)21(22(28)8-6-18(28)4-3-5-27(36)37)12-15-30-31-24-9-7-19(32(38)39)16-25(24)33(40)41;1-2/h7,9,15-16,18,20-23,31,34H,3-6,8,10-14,17H2,1-2H3,(H,36,37);1-2H3/t18-,20-,21?,22?,23?,28+,29+;/m0./s1. The highest BCUT2D eigenvalue weighted by Gasteiger charge is 2.58. The van der Waals surface area contributed by atoms with E-state index >= 15 is 0 Å². The first-order valence-corrected chi connectivity index (χ1v) is 15.5. The number of nitro benzene ring substituents is 2. The van der Waals surface area contributed by atoms with Crippen LogP contribution < -0.4 is 5.43 Å². The molecule has 43 heavy (non-hydrogen) atoms. The van der Waals surface area contributed by atoms with Crippen molar-refractivity contribution in [2.45, 2.75) is 104 Å². The Morgan fingerprint density at radius 1 is 1.09 bits per heavy atom. The predicted molar refractivity (Wildman–Crippen MR) is 163 cm³/mol. The highest BCUT2D eigenvalue weighted by molar-refractivity contribution is 5.86. The number of hydrogen-bond donors (Lipinski definition) is 3. The van der Waals surface area contributed by atoms with Crippen molar-refractivity contribution >= 4 is 35.0 Å². The molecule has 0 saturated heterocycles. The van der Waals surface area contributed by atoms with E-state index in [1.807, 2.05) is 20.8 Å². The molecule has 3 unspecified atom stereocenters. The van der Waals surface area contributed by atoms with Crippen LogP contribution in [-0.2, 0) is 9.59 Å². The van der Waals surface area contributed by atoms with Gasteiger partial charge in [-0.1, -0.05) is 27.7 Å². The molecule has 0 spiro atoms. The van der Waals surface area contributed by atoms with Crippen LogP contribution in [0.4, 0.5) is 17.1 Å². The van der Waals surface area contributed by atoms with E-state index in [2.05, 4.69) is 17.5 Å². The van der Waals surface area contributed by atoms with Gasteiger partial charge in [0.25, 0.3) is 5.69 Å². The van der Waals surface area contributed by atoms with Gasteiger partial charge in [-0.2, -0.15) is 5.10 Å². The summed E-state index contributed by atoms with van der Waals surface area (Å²) >= 11 is 0. The zero-order valence-corrected chi connectivity index (χ0v) is 25.7. The lowest BCUT2D eigenvalue weighted by Gasteiger charge is -2.54. The SMILES string of the molecule is CC.C[C@]1(C2CC[C@@]3(C)C(CC[C@@H]3CCCC(=O)O)C2CC=NNc2ccc([N+](=O)[O-])cc2[N+](=O)[O-])CC[C@H](O)CC1=O. The number of carboxylic acid groups (broad SMARTS) is 1. The van der Waals surface area contributed by atoms with Crippen molar-refractivity contribution in [2.24, 2.45) is 39.6 Å². The average molecular weight is 603 g/mol. The quantitative estimate of drug-likeness (QED) is 0.140. The molecule has 7 atom stereocenters. The third-order valence-electron chi connectivity index (χ3n) is 10.5. The number of rotatable bonds is 11. The number of nitrogens with zero attached hydrogens (tertiary/aromatic N) is 3. The molecule has 238 valence electrons. The van der Waals surface area contributed by atoms with Gasteiger partial charge in [-0.25, -0.2) is 0 Å². The van der Waals surface area contributed by atoms with E-state index in [1.165, 1.54) is 12.1 Å². The molecule has 12 heteroatoms. The number of aliphatic hydroxyl groups excluding tert-OH is 1. The number of carboxylic acids is 1. The summed E-state index contributed by atoms with van der Waals surface area (Å²) in [4.78, 5) is 45.6. The molecule has 12 nitrogen and oxygen atoms in total. The first kappa shape index (κ1) is 34.1. The number of aliphatic carboxylic acids is 1. The van der Waals surface area contributed by atoms with E-state index in [1.54, 1.807) is 6.21 Å². The molecule has 0 aromatic heterocycles. The van der Waals surface area contributed by atoms with Crippen molar-refractivity contribution in [2.75, 3.05) is 5.43 Å². The molecule has 3 aliphatic carbocycles. The number of ketones is 1. The van der Waals surface area contributed by atoms with Gasteiger partial charge in [-0.05, 0) is 92.9 Å². The fourth-order valence-corrected chi connectivity index (χ4v) is 8.21. The largest absolute Gasteiger partial charge is 0.481 e. The van der Waals surface area contributed by atoms with Crippen molar-refractivity contribution < 1.29 is 29.6 Å². The first-order valence-electron chi connectivity index (χ1n) is 15.5. The number of carbonyl (C=O) groups excluding carboxylic acids is 1. The average Bonchev–Trinajstić information content (AvgIpc) is 3.30. The summed E-state index contributed by atoms with van der Waals surface area (Å²) in [5, 5.41) is 46.1. The number of non-ortho nitro benzene ring substituents is 1. The Morgan fingerprint density at radius 3 is 2.44 bits per heavy atom. The Bertz CT molecular complexity index is 1220. The summed E-state index contributed by atoms with van der Waals surface area (Å²) in [6.45, 7) is 8.35. The summed E-state index contributed by atoms with van der Waals surface area (Å²) < 4.78 is 0. The Kier molecular flexibility index (Phi) is 11.4. The maximum Gasteiger partial charge on any atom is 0.303 e. The number of carbonyl (C=O) groups is 2. The van der Waals surface area contributed by atoms with Crippen molar-refractivity contribution in [1.29, 1.82) is 0 Å². The molecule has 4 rings (SSSR count).